The predicted molar refractivity (Wildman–Crippen MR) is 96.4 cm³/mol. The molecule has 0 atom stereocenters. The molecule has 1 amide bonds. The second kappa shape index (κ2) is 7.30. The molecule has 4 N–H and O–H groups in total. The molecule has 0 unspecified atom stereocenters. The van der Waals surface area contributed by atoms with Crippen LogP contribution in [0, 0.1) is 0 Å². The maximum absolute atomic E-state index is 12.1. The normalized spacial score (nSPS) is 11.0. The van der Waals surface area contributed by atoms with Crippen molar-refractivity contribution in [2.45, 2.75) is 4.90 Å². The monoisotopic (exact) mass is 369 g/mol. The number of aromatic nitrogens is 2. The molecule has 0 saturated carbocycles. The number of benzene rings is 2. The third-order valence-corrected chi connectivity index (χ3v) is 4.38. The number of nitrogens with zero attached hydrogens (tertiary/aromatic N) is 2. The molecule has 8 nitrogen and oxygen atoms in total. The zero-order valence-corrected chi connectivity index (χ0v) is 14.3. The average Bonchev–Trinajstić information content (AvgIpc) is 2.66. The standard InChI is InChI=1S/C17H15N5O3S/c18-26(24,25)15-8-6-14(7-9-15)21-22-17(23)13-10-19-16(20-11-13)12-4-2-1-3-5-12/h1-11,21H,(H,22,23)(H2,18,24,25). The lowest BCUT2D eigenvalue weighted by Crippen LogP contribution is -2.29. The van der Waals surface area contributed by atoms with Crippen molar-refractivity contribution in [3.8, 4) is 11.4 Å². The molecule has 1 aromatic heterocycles. The lowest BCUT2D eigenvalue weighted by atomic mass is 10.2. The molecule has 3 aromatic rings. The summed E-state index contributed by atoms with van der Waals surface area (Å²) < 4.78 is 22.4. The van der Waals surface area contributed by atoms with Crippen LogP contribution in [0.5, 0.6) is 0 Å². The Labute approximate surface area is 150 Å². The quantitative estimate of drug-likeness (QED) is 0.586. The first kappa shape index (κ1) is 17.5. The van der Waals surface area contributed by atoms with Gasteiger partial charge in [0, 0.05) is 18.0 Å². The summed E-state index contributed by atoms with van der Waals surface area (Å²) in [5.41, 5.74) is 6.78. The largest absolute Gasteiger partial charge is 0.298 e. The Hall–Kier alpha value is -3.30. The molecule has 0 aliphatic carbocycles. The smallest absolute Gasteiger partial charge is 0.272 e. The molecular weight excluding hydrogens is 354 g/mol. The molecule has 0 fully saturated rings. The predicted octanol–water partition coefficient (Wildman–Crippen LogP) is 1.55. The molecular formula is C17H15N5O3S. The molecule has 0 spiro atoms. The van der Waals surface area contributed by atoms with Crippen LogP contribution >= 0.6 is 0 Å². The van der Waals surface area contributed by atoms with Gasteiger partial charge in [0.15, 0.2) is 5.82 Å². The lowest BCUT2D eigenvalue weighted by Gasteiger charge is -2.09. The maximum atomic E-state index is 12.1. The van der Waals surface area contributed by atoms with Gasteiger partial charge in [-0.05, 0) is 24.3 Å². The zero-order valence-electron chi connectivity index (χ0n) is 13.5. The number of sulfonamides is 1. The van der Waals surface area contributed by atoms with Crippen LogP contribution in [0.25, 0.3) is 11.4 Å². The number of hydrogen-bond donors (Lipinski definition) is 3. The highest BCUT2D eigenvalue weighted by atomic mass is 32.2. The summed E-state index contributed by atoms with van der Waals surface area (Å²) in [6, 6.07) is 15.0. The Morgan fingerprint density at radius 1 is 0.923 bits per heavy atom. The van der Waals surface area contributed by atoms with E-state index in [1.165, 1.54) is 36.7 Å². The van der Waals surface area contributed by atoms with Gasteiger partial charge in [0.2, 0.25) is 10.0 Å². The number of carbonyl (C=O) groups is 1. The summed E-state index contributed by atoms with van der Waals surface area (Å²) in [6.45, 7) is 0. The maximum Gasteiger partial charge on any atom is 0.272 e. The number of rotatable bonds is 5. The van der Waals surface area contributed by atoms with Crippen LogP contribution in [0.2, 0.25) is 0 Å². The van der Waals surface area contributed by atoms with E-state index < -0.39 is 15.9 Å². The fourth-order valence-corrected chi connectivity index (χ4v) is 2.63. The minimum absolute atomic E-state index is 0.0146. The molecule has 0 saturated heterocycles. The lowest BCUT2D eigenvalue weighted by molar-refractivity contribution is 0.0962. The van der Waals surface area contributed by atoms with Crippen molar-refractivity contribution in [2.24, 2.45) is 5.14 Å². The van der Waals surface area contributed by atoms with Gasteiger partial charge >= 0.3 is 0 Å². The fraction of sp³-hybridized carbons (Fsp3) is 0. The number of amides is 1. The second-order valence-corrected chi connectivity index (χ2v) is 6.87. The minimum atomic E-state index is -3.75. The van der Waals surface area contributed by atoms with Gasteiger partial charge in [-0.3, -0.25) is 15.6 Å². The van der Waals surface area contributed by atoms with E-state index in [0.29, 0.717) is 11.5 Å². The molecule has 0 radical (unpaired) electrons. The summed E-state index contributed by atoms with van der Waals surface area (Å²) in [4.78, 5) is 20.5. The van der Waals surface area contributed by atoms with E-state index in [0.717, 1.165) is 5.56 Å². The van der Waals surface area contributed by atoms with Gasteiger partial charge < -0.3 is 0 Å². The second-order valence-electron chi connectivity index (χ2n) is 5.31. The number of nitrogens with two attached hydrogens (primary N) is 1. The van der Waals surface area contributed by atoms with Crippen LogP contribution in [0.4, 0.5) is 5.69 Å². The molecule has 26 heavy (non-hydrogen) atoms. The van der Waals surface area contributed by atoms with Crippen molar-refractivity contribution >= 4 is 21.6 Å². The number of hydrazine groups is 1. The van der Waals surface area contributed by atoms with E-state index in [9.17, 15) is 13.2 Å². The van der Waals surface area contributed by atoms with E-state index in [4.69, 9.17) is 5.14 Å². The molecule has 9 heteroatoms. The van der Waals surface area contributed by atoms with E-state index in [1.807, 2.05) is 30.3 Å². The van der Waals surface area contributed by atoms with Gasteiger partial charge in [0.05, 0.1) is 16.1 Å². The van der Waals surface area contributed by atoms with Crippen molar-refractivity contribution < 1.29 is 13.2 Å². The summed E-state index contributed by atoms with van der Waals surface area (Å²) in [5.74, 6) is 0.0915. The van der Waals surface area contributed by atoms with Crippen LogP contribution in [-0.2, 0) is 10.0 Å². The van der Waals surface area contributed by atoms with Crippen molar-refractivity contribution in [1.82, 2.24) is 15.4 Å². The van der Waals surface area contributed by atoms with Crippen molar-refractivity contribution in [3.63, 3.8) is 0 Å². The SMILES string of the molecule is NS(=O)(=O)c1ccc(NNC(=O)c2cnc(-c3ccccc3)nc2)cc1. The summed E-state index contributed by atoms with van der Waals surface area (Å²) in [7, 11) is -3.75. The van der Waals surface area contributed by atoms with Gasteiger partial charge in [-0.15, -0.1) is 0 Å². The highest BCUT2D eigenvalue weighted by Crippen LogP contribution is 2.14. The van der Waals surface area contributed by atoms with Gasteiger partial charge in [0.25, 0.3) is 5.91 Å². The molecule has 1 heterocycles. The Morgan fingerprint density at radius 2 is 1.54 bits per heavy atom. The summed E-state index contributed by atoms with van der Waals surface area (Å²) in [6.07, 6.45) is 2.85. The Morgan fingerprint density at radius 3 is 2.12 bits per heavy atom. The number of primary sulfonamides is 1. The van der Waals surface area contributed by atoms with Crippen LogP contribution in [0.1, 0.15) is 10.4 Å². The third-order valence-electron chi connectivity index (χ3n) is 3.45. The molecule has 0 aliphatic heterocycles. The topological polar surface area (TPSA) is 127 Å². The Balaban J connectivity index is 1.63. The number of nitrogens with one attached hydrogen (secondary N) is 2. The fourth-order valence-electron chi connectivity index (χ4n) is 2.11. The number of carbonyl (C=O) groups excluding carboxylic acids is 1. The molecule has 0 aliphatic rings. The average molecular weight is 369 g/mol. The van der Waals surface area contributed by atoms with Crippen molar-refractivity contribution in [3.05, 3.63) is 72.6 Å². The molecule has 3 rings (SSSR count). The Kier molecular flexibility index (Phi) is 4.92. The van der Waals surface area contributed by atoms with Gasteiger partial charge in [-0.25, -0.2) is 23.5 Å². The van der Waals surface area contributed by atoms with Gasteiger partial charge in [0.1, 0.15) is 0 Å². The van der Waals surface area contributed by atoms with Crippen LogP contribution in [-0.4, -0.2) is 24.3 Å². The summed E-state index contributed by atoms with van der Waals surface area (Å²) in [5, 5.41) is 5.03. The first-order chi connectivity index (χ1) is 12.4. The van der Waals surface area contributed by atoms with Gasteiger partial charge in [-0.2, -0.15) is 0 Å². The van der Waals surface area contributed by atoms with Crippen molar-refractivity contribution in [2.75, 3.05) is 5.43 Å². The third kappa shape index (κ3) is 4.21. The molecule has 132 valence electrons. The first-order valence-electron chi connectivity index (χ1n) is 7.50. The molecule has 0 bridgehead atoms. The van der Waals surface area contributed by atoms with E-state index in [2.05, 4.69) is 20.8 Å². The Bertz CT molecular complexity index is 1000. The highest BCUT2D eigenvalue weighted by molar-refractivity contribution is 7.89. The first-order valence-corrected chi connectivity index (χ1v) is 9.05. The number of hydrogen-bond acceptors (Lipinski definition) is 6. The van der Waals surface area contributed by atoms with Crippen LogP contribution < -0.4 is 16.0 Å². The summed E-state index contributed by atoms with van der Waals surface area (Å²) >= 11 is 0. The number of anilines is 1. The molecule has 2 aromatic carbocycles. The van der Waals surface area contributed by atoms with E-state index >= 15 is 0 Å². The van der Waals surface area contributed by atoms with Crippen LogP contribution in [0.15, 0.2) is 71.9 Å². The van der Waals surface area contributed by atoms with Gasteiger partial charge in [-0.1, -0.05) is 30.3 Å². The zero-order chi connectivity index (χ0) is 18.6. The highest BCUT2D eigenvalue weighted by Gasteiger charge is 2.09. The van der Waals surface area contributed by atoms with E-state index in [-0.39, 0.29) is 10.5 Å². The minimum Gasteiger partial charge on any atom is -0.298 e. The van der Waals surface area contributed by atoms with Crippen LogP contribution in [0.3, 0.4) is 0 Å². The van der Waals surface area contributed by atoms with Crippen molar-refractivity contribution in [1.29, 1.82) is 0 Å². The van der Waals surface area contributed by atoms with E-state index in [1.54, 1.807) is 0 Å².